The molecule has 0 aromatic carbocycles. The number of rotatable bonds is 8. The highest BCUT2D eigenvalue weighted by molar-refractivity contribution is 5.98. The molecule has 0 spiro atoms. The van der Waals surface area contributed by atoms with E-state index in [4.69, 9.17) is 4.74 Å². The van der Waals surface area contributed by atoms with Crippen LogP contribution in [0.2, 0.25) is 0 Å². The summed E-state index contributed by atoms with van der Waals surface area (Å²) >= 11 is 0. The van der Waals surface area contributed by atoms with Crippen molar-refractivity contribution in [1.82, 2.24) is 10.3 Å². The normalized spacial score (nSPS) is 10.1. The van der Waals surface area contributed by atoms with Gasteiger partial charge in [0.1, 0.15) is 17.6 Å². The molecule has 8 heteroatoms. The number of carbonyl (C=O) groups is 1. The monoisotopic (exact) mass is 282 g/mol. The van der Waals surface area contributed by atoms with E-state index in [1.807, 2.05) is 6.92 Å². The van der Waals surface area contributed by atoms with E-state index in [-0.39, 0.29) is 11.3 Å². The molecule has 0 saturated carbocycles. The molecule has 1 amide bonds. The largest absolute Gasteiger partial charge is 0.382 e. The van der Waals surface area contributed by atoms with Crippen LogP contribution in [0.5, 0.6) is 0 Å². The Labute approximate surface area is 116 Å². The van der Waals surface area contributed by atoms with Crippen molar-refractivity contribution < 1.29 is 14.5 Å². The fraction of sp³-hybridized carbons (Fsp3) is 0.500. The topological polar surface area (TPSA) is 106 Å². The van der Waals surface area contributed by atoms with Crippen LogP contribution in [0.4, 0.5) is 11.5 Å². The molecular formula is C12H18N4O4. The maximum atomic E-state index is 12.0. The van der Waals surface area contributed by atoms with Crippen LogP contribution in [0.3, 0.4) is 0 Å². The summed E-state index contributed by atoms with van der Waals surface area (Å²) in [5.74, 6) is -0.0952. The third kappa shape index (κ3) is 4.47. The molecule has 0 bridgehead atoms. The second-order valence-corrected chi connectivity index (χ2v) is 3.90. The number of aromatic nitrogens is 1. The van der Waals surface area contributed by atoms with E-state index in [1.54, 1.807) is 7.05 Å². The van der Waals surface area contributed by atoms with Gasteiger partial charge in [-0.15, -0.1) is 0 Å². The molecule has 0 fully saturated rings. The van der Waals surface area contributed by atoms with Gasteiger partial charge < -0.3 is 15.4 Å². The average Bonchev–Trinajstić information content (AvgIpc) is 2.46. The van der Waals surface area contributed by atoms with Crippen molar-refractivity contribution >= 4 is 17.4 Å². The first-order chi connectivity index (χ1) is 9.60. The molecule has 1 heterocycles. The highest BCUT2D eigenvalue weighted by Crippen LogP contribution is 2.19. The molecule has 1 rings (SSSR count). The van der Waals surface area contributed by atoms with Crippen molar-refractivity contribution in [2.24, 2.45) is 0 Å². The molecule has 0 aliphatic carbocycles. The summed E-state index contributed by atoms with van der Waals surface area (Å²) in [4.78, 5) is 26.1. The third-order valence-electron chi connectivity index (χ3n) is 2.54. The number of anilines is 1. The summed E-state index contributed by atoms with van der Waals surface area (Å²) in [6.07, 6.45) is 1.72. The molecular weight excluding hydrogens is 264 g/mol. The van der Waals surface area contributed by atoms with Crippen LogP contribution >= 0.6 is 0 Å². The standard InChI is InChI=1S/C12H18N4O4/c1-3-20-6-4-5-14-12(17)9-7-11(13-2)15-8-10(9)16(18)19/h7-8H,3-6H2,1-2H3,(H,13,15)(H,14,17). The number of nitrogens with zero attached hydrogens (tertiary/aromatic N) is 2. The molecule has 2 N–H and O–H groups in total. The Bertz CT molecular complexity index is 479. The summed E-state index contributed by atoms with van der Waals surface area (Å²) < 4.78 is 5.14. The minimum atomic E-state index is -0.623. The molecule has 0 radical (unpaired) electrons. The molecule has 0 aliphatic heterocycles. The van der Waals surface area contributed by atoms with Crippen LogP contribution in [-0.4, -0.2) is 42.6 Å². The summed E-state index contributed by atoms with van der Waals surface area (Å²) in [5.41, 5.74) is -0.322. The van der Waals surface area contributed by atoms with E-state index in [9.17, 15) is 14.9 Å². The molecule has 0 atom stereocenters. The fourth-order valence-electron chi connectivity index (χ4n) is 1.53. The van der Waals surface area contributed by atoms with E-state index >= 15 is 0 Å². The van der Waals surface area contributed by atoms with Crippen LogP contribution < -0.4 is 10.6 Å². The van der Waals surface area contributed by atoms with Gasteiger partial charge in [-0.2, -0.15) is 0 Å². The van der Waals surface area contributed by atoms with Gasteiger partial charge in [-0.3, -0.25) is 14.9 Å². The Kier molecular flexibility index (Phi) is 6.38. The van der Waals surface area contributed by atoms with Gasteiger partial charge in [-0.25, -0.2) is 4.98 Å². The fourth-order valence-corrected chi connectivity index (χ4v) is 1.53. The van der Waals surface area contributed by atoms with Crippen molar-refractivity contribution in [1.29, 1.82) is 0 Å². The van der Waals surface area contributed by atoms with E-state index < -0.39 is 10.8 Å². The predicted molar refractivity (Wildman–Crippen MR) is 73.9 cm³/mol. The number of amides is 1. The molecule has 0 aliphatic rings. The molecule has 1 aromatic rings. The maximum absolute atomic E-state index is 12.0. The molecule has 20 heavy (non-hydrogen) atoms. The third-order valence-corrected chi connectivity index (χ3v) is 2.54. The molecule has 0 saturated heterocycles. The first kappa shape index (κ1) is 15.8. The molecule has 1 aromatic heterocycles. The number of hydrogen-bond donors (Lipinski definition) is 2. The van der Waals surface area contributed by atoms with Crippen LogP contribution in [0.1, 0.15) is 23.7 Å². The number of carbonyl (C=O) groups excluding carboxylic acids is 1. The van der Waals surface area contributed by atoms with Gasteiger partial charge in [-0.05, 0) is 13.3 Å². The highest BCUT2D eigenvalue weighted by Gasteiger charge is 2.21. The second kappa shape index (κ2) is 8.05. The SMILES string of the molecule is CCOCCCNC(=O)c1cc(NC)ncc1[N+](=O)[O-]. The smallest absolute Gasteiger partial charge is 0.300 e. The zero-order chi connectivity index (χ0) is 15.0. The van der Waals surface area contributed by atoms with Gasteiger partial charge in [0, 0.05) is 32.9 Å². The van der Waals surface area contributed by atoms with Gasteiger partial charge in [0.15, 0.2) is 0 Å². The van der Waals surface area contributed by atoms with E-state index in [0.29, 0.717) is 32.0 Å². The summed E-state index contributed by atoms with van der Waals surface area (Å²) in [6, 6.07) is 1.36. The summed E-state index contributed by atoms with van der Waals surface area (Å²) in [7, 11) is 1.62. The number of nitro groups is 1. The molecule has 8 nitrogen and oxygen atoms in total. The minimum Gasteiger partial charge on any atom is -0.382 e. The molecule has 110 valence electrons. The minimum absolute atomic E-state index is 0.00856. The lowest BCUT2D eigenvalue weighted by Crippen LogP contribution is -2.26. The van der Waals surface area contributed by atoms with E-state index in [1.165, 1.54) is 6.07 Å². The lowest BCUT2D eigenvalue weighted by atomic mass is 10.2. The van der Waals surface area contributed by atoms with Crippen LogP contribution in [0, 0.1) is 10.1 Å². The Morgan fingerprint density at radius 2 is 2.30 bits per heavy atom. The summed E-state index contributed by atoms with van der Waals surface area (Å²) in [5, 5.41) is 16.3. The Morgan fingerprint density at radius 3 is 2.90 bits per heavy atom. The van der Waals surface area contributed by atoms with Crippen LogP contribution in [0.25, 0.3) is 0 Å². The summed E-state index contributed by atoms with van der Waals surface area (Å²) in [6.45, 7) is 3.44. The first-order valence-electron chi connectivity index (χ1n) is 6.28. The quantitative estimate of drug-likeness (QED) is 0.421. The van der Waals surface area contributed by atoms with Crippen molar-refractivity contribution in [2.75, 3.05) is 32.1 Å². The maximum Gasteiger partial charge on any atom is 0.300 e. The lowest BCUT2D eigenvalue weighted by molar-refractivity contribution is -0.385. The second-order valence-electron chi connectivity index (χ2n) is 3.90. The van der Waals surface area contributed by atoms with Gasteiger partial charge >= 0.3 is 0 Å². The Morgan fingerprint density at radius 1 is 1.55 bits per heavy atom. The average molecular weight is 282 g/mol. The predicted octanol–water partition coefficient (Wildman–Crippen LogP) is 1.19. The zero-order valence-electron chi connectivity index (χ0n) is 11.5. The first-order valence-corrected chi connectivity index (χ1v) is 6.28. The Hall–Kier alpha value is -2.22. The van der Waals surface area contributed by atoms with Crippen molar-refractivity contribution in [2.45, 2.75) is 13.3 Å². The number of nitrogens with one attached hydrogen (secondary N) is 2. The zero-order valence-corrected chi connectivity index (χ0v) is 11.5. The van der Waals surface area contributed by atoms with Crippen LogP contribution in [-0.2, 0) is 4.74 Å². The van der Waals surface area contributed by atoms with Gasteiger partial charge in [0.25, 0.3) is 11.6 Å². The van der Waals surface area contributed by atoms with Crippen molar-refractivity contribution in [3.05, 3.63) is 27.9 Å². The number of ether oxygens (including phenoxy) is 1. The van der Waals surface area contributed by atoms with Gasteiger partial charge in [0.2, 0.25) is 0 Å². The van der Waals surface area contributed by atoms with Crippen LogP contribution in [0.15, 0.2) is 12.3 Å². The van der Waals surface area contributed by atoms with Crippen molar-refractivity contribution in [3.8, 4) is 0 Å². The van der Waals surface area contributed by atoms with Gasteiger partial charge in [-0.1, -0.05) is 0 Å². The van der Waals surface area contributed by atoms with Gasteiger partial charge in [0.05, 0.1) is 4.92 Å². The number of pyridine rings is 1. The van der Waals surface area contributed by atoms with E-state index in [0.717, 1.165) is 6.20 Å². The number of hydrogen-bond acceptors (Lipinski definition) is 6. The van der Waals surface area contributed by atoms with Crippen molar-refractivity contribution in [3.63, 3.8) is 0 Å². The molecule has 0 unspecified atom stereocenters. The lowest BCUT2D eigenvalue weighted by Gasteiger charge is -2.07. The Balaban J connectivity index is 2.72. The highest BCUT2D eigenvalue weighted by atomic mass is 16.6. The van der Waals surface area contributed by atoms with E-state index in [2.05, 4.69) is 15.6 Å².